The molecule has 1 unspecified atom stereocenters. The zero-order chi connectivity index (χ0) is 14.9. The number of likely N-dealkylation sites (tertiary alicyclic amines) is 1. The molecule has 0 aromatic heterocycles. The second kappa shape index (κ2) is 5.03. The lowest BCUT2D eigenvalue weighted by Gasteiger charge is -2.21. The Morgan fingerprint density at radius 3 is 2.70 bits per heavy atom. The second-order valence-corrected chi connectivity index (χ2v) is 5.26. The summed E-state index contributed by atoms with van der Waals surface area (Å²) in [5.74, 6) is -0.686. The number of aromatic hydroxyl groups is 1. The van der Waals surface area contributed by atoms with Gasteiger partial charge in [0.2, 0.25) is 5.91 Å². The number of phenols is 1. The van der Waals surface area contributed by atoms with E-state index in [0.29, 0.717) is 13.0 Å². The average molecular weight is 278 g/mol. The summed E-state index contributed by atoms with van der Waals surface area (Å²) in [4.78, 5) is 25.3. The summed E-state index contributed by atoms with van der Waals surface area (Å²) in [6.07, 6.45) is 0.527. The van der Waals surface area contributed by atoms with Gasteiger partial charge in [-0.1, -0.05) is 6.07 Å². The van der Waals surface area contributed by atoms with Gasteiger partial charge in [-0.3, -0.25) is 9.59 Å². The van der Waals surface area contributed by atoms with Gasteiger partial charge >= 0.3 is 0 Å². The topological polar surface area (TPSA) is 92.9 Å². The van der Waals surface area contributed by atoms with Gasteiger partial charge in [-0.05, 0) is 25.5 Å². The van der Waals surface area contributed by atoms with E-state index >= 15 is 0 Å². The van der Waals surface area contributed by atoms with Crippen LogP contribution in [0, 0.1) is 5.41 Å². The number of amides is 2. The smallest absolute Gasteiger partial charge is 0.257 e. The Morgan fingerprint density at radius 1 is 1.45 bits per heavy atom. The summed E-state index contributed by atoms with van der Waals surface area (Å²) >= 11 is 0. The number of carbonyl (C=O) groups excluding carboxylic acids is 2. The van der Waals surface area contributed by atoms with Crippen LogP contribution in [-0.4, -0.2) is 42.0 Å². The predicted octanol–water partition coefficient (Wildman–Crippen LogP) is 0.738. The molecule has 1 aliphatic rings. The number of hydrogen-bond donors (Lipinski definition) is 2. The van der Waals surface area contributed by atoms with Gasteiger partial charge in [0.05, 0.1) is 18.1 Å². The van der Waals surface area contributed by atoms with Crippen molar-refractivity contribution >= 4 is 11.8 Å². The molecule has 108 valence electrons. The molecule has 2 rings (SSSR count). The summed E-state index contributed by atoms with van der Waals surface area (Å²) < 4.78 is 4.98. The van der Waals surface area contributed by atoms with Crippen LogP contribution in [0.3, 0.4) is 0 Å². The van der Waals surface area contributed by atoms with Gasteiger partial charge in [-0.2, -0.15) is 0 Å². The minimum Gasteiger partial charge on any atom is -0.504 e. The van der Waals surface area contributed by atoms with Gasteiger partial charge in [0.15, 0.2) is 11.5 Å². The monoisotopic (exact) mass is 278 g/mol. The highest BCUT2D eigenvalue weighted by Crippen LogP contribution is 2.34. The molecule has 1 aromatic carbocycles. The molecule has 20 heavy (non-hydrogen) atoms. The van der Waals surface area contributed by atoms with E-state index < -0.39 is 11.3 Å². The fourth-order valence-corrected chi connectivity index (χ4v) is 2.37. The highest BCUT2D eigenvalue weighted by atomic mass is 16.5. The van der Waals surface area contributed by atoms with Crippen molar-refractivity contribution in [3.63, 3.8) is 0 Å². The fraction of sp³-hybridized carbons (Fsp3) is 0.429. The number of hydrogen-bond acceptors (Lipinski definition) is 4. The Kier molecular flexibility index (Phi) is 3.57. The minimum absolute atomic E-state index is 0.165. The first-order valence-corrected chi connectivity index (χ1v) is 6.34. The first-order valence-electron chi connectivity index (χ1n) is 6.34. The third-order valence-electron chi connectivity index (χ3n) is 3.80. The first kappa shape index (κ1) is 14.2. The maximum absolute atomic E-state index is 12.4. The molecule has 0 bridgehead atoms. The van der Waals surface area contributed by atoms with Gasteiger partial charge in [0.1, 0.15) is 0 Å². The van der Waals surface area contributed by atoms with Crippen LogP contribution < -0.4 is 10.5 Å². The molecule has 1 heterocycles. The van der Waals surface area contributed by atoms with Crippen molar-refractivity contribution in [3.8, 4) is 11.5 Å². The van der Waals surface area contributed by atoms with Crippen molar-refractivity contribution in [1.29, 1.82) is 0 Å². The molecule has 6 nitrogen and oxygen atoms in total. The molecule has 0 aliphatic carbocycles. The van der Waals surface area contributed by atoms with E-state index in [1.54, 1.807) is 19.1 Å². The molecule has 2 amide bonds. The minimum atomic E-state index is -0.704. The van der Waals surface area contributed by atoms with Crippen molar-refractivity contribution in [2.45, 2.75) is 13.3 Å². The quantitative estimate of drug-likeness (QED) is 0.852. The standard InChI is InChI=1S/C14H18N2O4/c1-14(13(15)19)6-7-16(8-14)12(18)9-4-3-5-10(20-2)11(9)17/h3-5,17H,6-8H2,1-2H3,(H2,15,19). The van der Waals surface area contributed by atoms with Gasteiger partial charge in [0.25, 0.3) is 5.91 Å². The van der Waals surface area contributed by atoms with E-state index in [1.807, 2.05) is 0 Å². The molecule has 1 saturated heterocycles. The normalized spacial score (nSPS) is 21.8. The molecule has 6 heteroatoms. The zero-order valence-corrected chi connectivity index (χ0v) is 11.5. The maximum atomic E-state index is 12.4. The van der Waals surface area contributed by atoms with Crippen LogP contribution in [0.25, 0.3) is 0 Å². The van der Waals surface area contributed by atoms with Gasteiger partial charge in [-0.25, -0.2) is 0 Å². The van der Waals surface area contributed by atoms with Crippen LogP contribution in [0.1, 0.15) is 23.7 Å². The highest BCUT2D eigenvalue weighted by Gasteiger charge is 2.41. The van der Waals surface area contributed by atoms with E-state index in [9.17, 15) is 14.7 Å². The number of nitrogens with two attached hydrogens (primary N) is 1. The average Bonchev–Trinajstić information content (AvgIpc) is 2.82. The highest BCUT2D eigenvalue weighted by molar-refractivity contribution is 5.98. The van der Waals surface area contributed by atoms with Gasteiger partial charge in [-0.15, -0.1) is 0 Å². The third kappa shape index (κ3) is 2.29. The number of benzene rings is 1. The summed E-state index contributed by atoms with van der Waals surface area (Å²) in [5, 5.41) is 9.99. The summed E-state index contributed by atoms with van der Waals surface area (Å²) in [5.41, 5.74) is 4.82. The van der Waals surface area contributed by atoms with Gasteiger partial charge < -0.3 is 20.5 Å². The van der Waals surface area contributed by atoms with Crippen LogP contribution in [0.5, 0.6) is 11.5 Å². The Bertz CT molecular complexity index is 558. The largest absolute Gasteiger partial charge is 0.504 e. The third-order valence-corrected chi connectivity index (χ3v) is 3.80. The number of methoxy groups -OCH3 is 1. The Hall–Kier alpha value is -2.24. The van der Waals surface area contributed by atoms with Crippen molar-refractivity contribution in [2.75, 3.05) is 20.2 Å². The zero-order valence-electron chi connectivity index (χ0n) is 11.5. The molecule has 1 fully saturated rings. The van der Waals surface area contributed by atoms with Gasteiger partial charge in [0, 0.05) is 13.1 Å². The van der Waals surface area contributed by atoms with E-state index in [4.69, 9.17) is 10.5 Å². The number of rotatable bonds is 3. The lowest BCUT2D eigenvalue weighted by Crippen LogP contribution is -2.38. The first-order chi connectivity index (χ1) is 9.39. The predicted molar refractivity (Wildman–Crippen MR) is 72.5 cm³/mol. The Balaban J connectivity index is 2.24. The van der Waals surface area contributed by atoms with Crippen LogP contribution in [0.4, 0.5) is 0 Å². The van der Waals surface area contributed by atoms with Crippen LogP contribution in [0.2, 0.25) is 0 Å². The lowest BCUT2D eigenvalue weighted by atomic mass is 9.89. The molecule has 3 N–H and O–H groups in total. The van der Waals surface area contributed by atoms with Crippen molar-refractivity contribution in [2.24, 2.45) is 11.1 Å². The molecule has 1 aromatic rings. The fourth-order valence-electron chi connectivity index (χ4n) is 2.37. The Labute approximate surface area is 117 Å². The number of carbonyl (C=O) groups is 2. The van der Waals surface area contributed by atoms with Crippen LogP contribution in [0.15, 0.2) is 18.2 Å². The molecule has 1 atom stereocenters. The van der Waals surface area contributed by atoms with Crippen LogP contribution in [-0.2, 0) is 4.79 Å². The second-order valence-electron chi connectivity index (χ2n) is 5.26. The maximum Gasteiger partial charge on any atom is 0.257 e. The molecular formula is C14H18N2O4. The van der Waals surface area contributed by atoms with E-state index in [2.05, 4.69) is 0 Å². The number of nitrogens with zero attached hydrogens (tertiary/aromatic N) is 1. The van der Waals surface area contributed by atoms with E-state index in [0.717, 1.165) is 0 Å². The number of primary amides is 1. The summed E-state index contributed by atoms with van der Waals surface area (Å²) in [6.45, 7) is 2.45. The SMILES string of the molecule is COc1cccc(C(=O)N2CCC(C)(C(N)=O)C2)c1O. The van der Waals surface area contributed by atoms with Crippen molar-refractivity contribution < 1.29 is 19.4 Å². The molecule has 0 spiro atoms. The molecular weight excluding hydrogens is 260 g/mol. The van der Waals surface area contributed by atoms with E-state index in [-0.39, 0.29) is 29.5 Å². The number of ether oxygens (including phenoxy) is 1. The number of phenolic OH excluding ortho intramolecular Hbond substituents is 1. The number of para-hydroxylation sites is 1. The van der Waals surface area contributed by atoms with E-state index in [1.165, 1.54) is 18.1 Å². The van der Waals surface area contributed by atoms with Crippen molar-refractivity contribution in [3.05, 3.63) is 23.8 Å². The molecule has 0 radical (unpaired) electrons. The summed E-state index contributed by atoms with van der Waals surface area (Å²) in [6, 6.07) is 4.73. The van der Waals surface area contributed by atoms with Crippen LogP contribution >= 0.6 is 0 Å². The summed E-state index contributed by atoms with van der Waals surface area (Å²) in [7, 11) is 1.42. The van der Waals surface area contributed by atoms with Crippen molar-refractivity contribution in [1.82, 2.24) is 4.90 Å². The molecule has 1 aliphatic heterocycles. The lowest BCUT2D eigenvalue weighted by molar-refractivity contribution is -0.126. The molecule has 0 saturated carbocycles. The Morgan fingerprint density at radius 2 is 2.15 bits per heavy atom.